The molecule has 0 aliphatic heterocycles. The third kappa shape index (κ3) is 3.94. The van der Waals surface area contributed by atoms with Crippen molar-refractivity contribution in [1.82, 2.24) is 0 Å². The minimum atomic E-state index is 0.248. The van der Waals surface area contributed by atoms with Crippen molar-refractivity contribution in [2.24, 2.45) is 11.3 Å². The van der Waals surface area contributed by atoms with E-state index in [0.29, 0.717) is 16.5 Å². The fraction of sp³-hybridized carbons (Fsp3) is 0.500. The fourth-order valence-corrected chi connectivity index (χ4v) is 1.50. The molecule has 2 nitrogen and oxygen atoms in total. The Bertz CT molecular complexity index is 427. The zero-order chi connectivity index (χ0) is 13.1. The molecule has 92 valence electrons. The molecule has 0 saturated carbocycles. The second-order valence-electron chi connectivity index (χ2n) is 5.45. The van der Waals surface area contributed by atoms with Crippen LogP contribution in [-0.4, -0.2) is 6.54 Å². The van der Waals surface area contributed by atoms with Crippen LogP contribution in [0.15, 0.2) is 18.2 Å². The highest BCUT2D eigenvalue weighted by Crippen LogP contribution is 2.27. The Morgan fingerprint density at radius 3 is 2.59 bits per heavy atom. The first-order valence-electron chi connectivity index (χ1n) is 5.78. The zero-order valence-corrected chi connectivity index (χ0v) is 11.6. The van der Waals surface area contributed by atoms with Crippen LogP contribution in [0.3, 0.4) is 0 Å². The minimum absolute atomic E-state index is 0.248. The quantitative estimate of drug-likeness (QED) is 0.868. The molecule has 0 fully saturated rings. The van der Waals surface area contributed by atoms with Crippen molar-refractivity contribution >= 4 is 17.3 Å². The largest absolute Gasteiger partial charge is 0.384 e. The van der Waals surface area contributed by atoms with E-state index in [1.807, 2.05) is 0 Å². The lowest BCUT2D eigenvalue weighted by molar-refractivity contribution is 0.274. The number of benzene rings is 1. The zero-order valence-electron chi connectivity index (χ0n) is 10.8. The number of nitrogens with zero attached hydrogens (tertiary/aromatic N) is 1. The lowest BCUT2D eigenvalue weighted by atomic mass is 9.82. The van der Waals surface area contributed by atoms with E-state index in [2.05, 4.69) is 39.1 Å². The molecule has 0 radical (unpaired) electrons. The molecule has 1 atom stereocenters. The van der Waals surface area contributed by atoms with Gasteiger partial charge in [0.2, 0.25) is 0 Å². The number of halogens is 1. The van der Waals surface area contributed by atoms with Crippen molar-refractivity contribution in [3.63, 3.8) is 0 Å². The van der Waals surface area contributed by atoms with Crippen molar-refractivity contribution < 1.29 is 0 Å². The van der Waals surface area contributed by atoms with Gasteiger partial charge in [-0.3, -0.25) is 0 Å². The Hall–Kier alpha value is -1.20. The summed E-state index contributed by atoms with van der Waals surface area (Å²) in [5.41, 5.74) is 1.70. The molecule has 0 amide bonds. The van der Waals surface area contributed by atoms with Gasteiger partial charge in [-0.25, -0.2) is 0 Å². The van der Waals surface area contributed by atoms with Gasteiger partial charge in [0.15, 0.2) is 0 Å². The van der Waals surface area contributed by atoms with Crippen LogP contribution in [0.4, 0.5) is 5.69 Å². The van der Waals surface area contributed by atoms with Gasteiger partial charge in [-0.05, 0) is 29.5 Å². The first-order chi connectivity index (χ1) is 7.84. The average molecular weight is 251 g/mol. The maximum absolute atomic E-state index is 9.00. The van der Waals surface area contributed by atoms with Gasteiger partial charge >= 0.3 is 0 Å². The lowest BCUT2D eigenvalue weighted by Gasteiger charge is -2.27. The standard InChI is InChI=1S/C14H19ClN2/c1-10(14(2,3)4)9-17-13-7-12(15)6-5-11(13)8-16/h5-7,10,17H,9H2,1-4H3. The van der Waals surface area contributed by atoms with Gasteiger partial charge in [-0.2, -0.15) is 5.26 Å². The molecule has 1 aromatic carbocycles. The highest BCUT2D eigenvalue weighted by molar-refractivity contribution is 6.30. The van der Waals surface area contributed by atoms with Crippen molar-refractivity contribution in [1.29, 1.82) is 5.26 Å². The molecule has 0 saturated heterocycles. The second kappa shape index (κ2) is 5.42. The van der Waals surface area contributed by atoms with Crippen molar-refractivity contribution in [2.45, 2.75) is 27.7 Å². The molecule has 1 aromatic rings. The van der Waals surface area contributed by atoms with Crippen molar-refractivity contribution in [3.8, 4) is 6.07 Å². The van der Waals surface area contributed by atoms with E-state index < -0.39 is 0 Å². The second-order valence-corrected chi connectivity index (χ2v) is 5.89. The molecule has 0 aliphatic carbocycles. The number of nitriles is 1. The summed E-state index contributed by atoms with van der Waals surface area (Å²) in [4.78, 5) is 0. The minimum Gasteiger partial charge on any atom is -0.384 e. The summed E-state index contributed by atoms with van der Waals surface area (Å²) >= 11 is 5.93. The predicted octanol–water partition coefficient (Wildman–Crippen LogP) is 4.31. The van der Waals surface area contributed by atoms with Gasteiger partial charge in [-0.15, -0.1) is 0 Å². The summed E-state index contributed by atoms with van der Waals surface area (Å²) < 4.78 is 0. The van der Waals surface area contributed by atoms with E-state index in [1.54, 1.807) is 18.2 Å². The summed E-state index contributed by atoms with van der Waals surface area (Å²) in [7, 11) is 0. The molecule has 0 aliphatic rings. The van der Waals surface area contributed by atoms with Gasteiger partial charge in [0.05, 0.1) is 11.3 Å². The highest BCUT2D eigenvalue weighted by Gasteiger charge is 2.19. The van der Waals surface area contributed by atoms with Crippen LogP contribution in [0.25, 0.3) is 0 Å². The van der Waals surface area contributed by atoms with Gasteiger partial charge in [0.25, 0.3) is 0 Å². The van der Waals surface area contributed by atoms with Crippen LogP contribution >= 0.6 is 11.6 Å². The Morgan fingerprint density at radius 1 is 1.41 bits per heavy atom. The Morgan fingerprint density at radius 2 is 2.06 bits per heavy atom. The molecule has 1 N–H and O–H groups in total. The van der Waals surface area contributed by atoms with E-state index in [9.17, 15) is 0 Å². The van der Waals surface area contributed by atoms with E-state index in [0.717, 1.165) is 12.2 Å². The maximum Gasteiger partial charge on any atom is 0.101 e. The Balaban J connectivity index is 2.76. The third-order valence-electron chi connectivity index (χ3n) is 3.18. The van der Waals surface area contributed by atoms with Gasteiger partial charge in [-0.1, -0.05) is 39.3 Å². The van der Waals surface area contributed by atoms with Gasteiger partial charge < -0.3 is 5.32 Å². The van der Waals surface area contributed by atoms with E-state index >= 15 is 0 Å². The highest BCUT2D eigenvalue weighted by atomic mass is 35.5. The fourth-order valence-electron chi connectivity index (χ4n) is 1.33. The number of nitrogens with one attached hydrogen (secondary N) is 1. The smallest absolute Gasteiger partial charge is 0.101 e. The molecule has 0 aromatic heterocycles. The monoisotopic (exact) mass is 250 g/mol. The van der Waals surface area contributed by atoms with Crippen LogP contribution in [-0.2, 0) is 0 Å². The Kier molecular flexibility index (Phi) is 4.42. The number of hydrogen-bond donors (Lipinski definition) is 1. The summed E-state index contributed by atoms with van der Waals surface area (Å²) in [6.45, 7) is 9.66. The van der Waals surface area contributed by atoms with Crippen LogP contribution in [0.2, 0.25) is 5.02 Å². The molecule has 17 heavy (non-hydrogen) atoms. The number of anilines is 1. The van der Waals surface area contributed by atoms with Crippen LogP contribution in [0.1, 0.15) is 33.3 Å². The lowest BCUT2D eigenvalue weighted by Crippen LogP contribution is -2.25. The third-order valence-corrected chi connectivity index (χ3v) is 3.41. The van der Waals surface area contributed by atoms with Crippen LogP contribution < -0.4 is 5.32 Å². The SMILES string of the molecule is CC(CNc1cc(Cl)ccc1C#N)C(C)(C)C. The van der Waals surface area contributed by atoms with E-state index in [1.165, 1.54) is 0 Å². The molecule has 3 heteroatoms. The summed E-state index contributed by atoms with van der Waals surface area (Å²) in [5, 5.41) is 13.0. The number of hydrogen-bond acceptors (Lipinski definition) is 2. The molecule has 1 rings (SSSR count). The summed E-state index contributed by atoms with van der Waals surface area (Å²) in [6, 6.07) is 7.44. The molecular formula is C14H19ClN2. The molecular weight excluding hydrogens is 232 g/mol. The molecule has 1 unspecified atom stereocenters. The summed E-state index contributed by atoms with van der Waals surface area (Å²) in [6.07, 6.45) is 0. The average Bonchev–Trinajstić information content (AvgIpc) is 2.24. The normalized spacial score (nSPS) is 12.9. The predicted molar refractivity (Wildman–Crippen MR) is 73.3 cm³/mol. The van der Waals surface area contributed by atoms with Gasteiger partial charge in [0, 0.05) is 11.6 Å². The van der Waals surface area contributed by atoms with E-state index in [-0.39, 0.29) is 5.41 Å². The van der Waals surface area contributed by atoms with Crippen LogP contribution in [0.5, 0.6) is 0 Å². The topological polar surface area (TPSA) is 35.8 Å². The van der Waals surface area contributed by atoms with E-state index in [4.69, 9.17) is 16.9 Å². The first-order valence-corrected chi connectivity index (χ1v) is 6.16. The molecule has 0 heterocycles. The Labute approximate surface area is 109 Å². The van der Waals surface area contributed by atoms with Crippen molar-refractivity contribution in [2.75, 3.05) is 11.9 Å². The summed E-state index contributed by atoms with van der Waals surface area (Å²) in [5.74, 6) is 0.507. The van der Waals surface area contributed by atoms with Gasteiger partial charge in [0.1, 0.15) is 6.07 Å². The van der Waals surface area contributed by atoms with Crippen LogP contribution in [0, 0.1) is 22.7 Å². The maximum atomic E-state index is 9.00. The molecule has 0 spiro atoms. The van der Waals surface area contributed by atoms with Crippen molar-refractivity contribution in [3.05, 3.63) is 28.8 Å². The molecule has 0 bridgehead atoms. The first kappa shape index (κ1) is 13.9. The number of rotatable bonds is 3.